The standard InChI is InChI=1S/C33H36N6/c1-6-13-27(25-16-11-12-17-25)31-22(5)36-33(37-31)32-28-19-29(34-20-30(28)38-39-32)23(7-2)18-26(8-3)35-21(4)24-14-9-10-15-24/h6-8,11,13,16-20,24,35H,1,3-4,9-10,12,14-15H2,2,5H3,(H,36,37)(H,38,39)/b23-7+,26-18+,27-13-. The maximum Gasteiger partial charge on any atom is 0.159 e. The van der Waals surface area contributed by atoms with Gasteiger partial charge in [-0.3, -0.25) is 10.1 Å². The van der Waals surface area contributed by atoms with E-state index in [0.717, 1.165) is 68.2 Å². The summed E-state index contributed by atoms with van der Waals surface area (Å²) in [5, 5.41) is 12.2. The summed E-state index contributed by atoms with van der Waals surface area (Å²) in [5.74, 6) is 1.23. The zero-order valence-electron chi connectivity index (χ0n) is 22.8. The first-order valence-electron chi connectivity index (χ1n) is 13.6. The van der Waals surface area contributed by atoms with Crippen LogP contribution in [-0.4, -0.2) is 25.1 Å². The molecular formula is C33H36N6. The molecule has 0 saturated heterocycles. The lowest BCUT2D eigenvalue weighted by atomic mass is 10.0. The zero-order valence-corrected chi connectivity index (χ0v) is 22.8. The predicted molar refractivity (Wildman–Crippen MR) is 162 cm³/mol. The molecule has 0 aliphatic heterocycles. The summed E-state index contributed by atoms with van der Waals surface area (Å²) in [4.78, 5) is 13.2. The second-order valence-electron chi connectivity index (χ2n) is 10.0. The maximum atomic E-state index is 4.98. The van der Waals surface area contributed by atoms with Crippen molar-refractivity contribution in [3.63, 3.8) is 0 Å². The molecule has 0 radical (unpaired) electrons. The van der Waals surface area contributed by atoms with E-state index in [1.165, 1.54) is 25.7 Å². The van der Waals surface area contributed by atoms with Crippen molar-refractivity contribution in [1.82, 2.24) is 30.5 Å². The van der Waals surface area contributed by atoms with E-state index >= 15 is 0 Å². The van der Waals surface area contributed by atoms with Crippen LogP contribution in [0.1, 0.15) is 56.1 Å². The molecule has 2 aliphatic carbocycles. The van der Waals surface area contributed by atoms with Gasteiger partial charge in [0.25, 0.3) is 0 Å². The lowest BCUT2D eigenvalue weighted by Crippen LogP contribution is -2.16. The molecule has 0 unspecified atom stereocenters. The van der Waals surface area contributed by atoms with Gasteiger partial charge in [0.15, 0.2) is 5.82 Å². The number of fused-ring (bicyclic) bond motifs is 1. The zero-order chi connectivity index (χ0) is 27.4. The monoisotopic (exact) mass is 516 g/mol. The Bertz CT molecular complexity index is 1580. The van der Waals surface area contributed by atoms with Crippen molar-refractivity contribution in [1.29, 1.82) is 0 Å². The van der Waals surface area contributed by atoms with E-state index < -0.39 is 0 Å². The second-order valence-corrected chi connectivity index (χ2v) is 10.0. The third kappa shape index (κ3) is 5.41. The van der Waals surface area contributed by atoms with Gasteiger partial charge in [0, 0.05) is 28.0 Å². The Hall–Kier alpha value is -4.45. The van der Waals surface area contributed by atoms with Gasteiger partial charge in [0.2, 0.25) is 0 Å². The highest BCUT2D eigenvalue weighted by molar-refractivity contribution is 5.94. The van der Waals surface area contributed by atoms with Crippen molar-refractivity contribution in [2.45, 2.75) is 46.0 Å². The van der Waals surface area contributed by atoms with Crippen molar-refractivity contribution in [3.05, 3.63) is 115 Å². The third-order valence-electron chi connectivity index (χ3n) is 7.47. The molecule has 3 N–H and O–H groups in total. The molecule has 198 valence electrons. The molecule has 5 rings (SSSR count). The fraction of sp³-hybridized carbons (Fsp3) is 0.242. The summed E-state index contributed by atoms with van der Waals surface area (Å²) >= 11 is 0. The average molecular weight is 517 g/mol. The maximum absolute atomic E-state index is 4.98. The SMILES string of the molecule is C=C/C=C(/C1=CCC=C1)c1nc(-c2n[nH]c3cnc(C(/C=C(\C=C)NC(=C)C4CCCC4)=C/C)cc23)[nH]c1C. The summed E-state index contributed by atoms with van der Waals surface area (Å²) in [5.41, 5.74) is 9.49. The molecule has 0 aromatic carbocycles. The van der Waals surface area contributed by atoms with E-state index in [1.54, 1.807) is 6.08 Å². The van der Waals surface area contributed by atoms with Crippen molar-refractivity contribution in [2.75, 3.05) is 0 Å². The topological polar surface area (TPSA) is 82.3 Å². The number of nitrogens with one attached hydrogen (secondary N) is 3. The second kappa shape index (κ2) is 11.5. The lowest BCUT2D eigenvalue weighted by molar-refractivity contribution is 0.607. The van der Waals surface area contributed by atoms with Crippen LogP contribution in [0.4, 0.5) is 0 Å². The van der Waals surface area contributed by atoms with E-state index in [9.17, 15) is 0 Å². The highest BCUT2D eigenvalue weighted by Gasteiger charge is 2.20. The molecule has 39 heavy (non-hydrogen) atoms. The fourth-order valence-corrected chi connectivity index (χ4v) is 5.36. The van der Waals surface area contributed by atoms with Crippen LogP contribution in [0, 0.1) is 12.8 Å². The fourth-order valence-electron chi connectivity index (χ4n) is 5.36. The van der Waals surface area contributed by atoms with Crippen LogP contribution in [0.3, 0.4) is 0 Å². The van der Waals surface area contributed by atoms with Crippen molar-refractivity contribution >= 4 is 22.0 Å². The number of imidazole rings is 1. The molecule has 6 heteroatoms. The van der Waals surface area contributed by atoms with Crippen LogP contribution in [0.5, 0.6) is 0 Å². The smallest absolute Gasteiger partial charge is 0.159 e. The number of aromatic amines is 2. The first-order chi connectivity index (χ1) is 19.0. The molecular weight excluding hydrogens is 480 g/mol. The summed E-state index contributed by atoms with van der Waals surface area (Å²) in [6, 6.07) is 2.06. The van der Waals surface area contributed by atoms with E-state index in [4.69, 9.17) is 9.97 Å². The van der Waals surface area contributed by atoms with E-state index in [0.29, 0.717) is 11.7 Å². The number of hydrogen-bond donors (Lipinski definition) is 3. The summed E-state index contributed by atoms with van der Waals surface area (Å²) < 4.78 is 0. The number of pyridine rings is 1. The number of hydrogen-bond acceptors (Lipinski definition) is 4. The van der Waals surface area contributed by atoms with Crippen molar-refractivity contribution < 1.29 is 0 Å². The van der Waals surface area contributed by atoms with Gasteiger partial charge in [-0.2, -0.15) is 5.10 Å². The van der Waals surface area contributed by atoms with Gasteiger partial charge in [0.05, 0.1) is 23.1 Å². The molecule has 1 fully saturated rings. The van der Waals surface area contributed by atoms with Crippen LogP contribution in [-0.2, 0) is 0 Å². The first kappa shape index (κ1) is 26.2. The minimum atomic E-state index is 0.523. The lowest BCUT2D eigenvalue weighted by Gasteiger charge is -2.16. The van der Waals surface area contributed by atoms with Crippen LogP contribution in [0.15, 0.2) is 97.6 Å². The summed E-state index contributed by atoms with van der Waals surface area (Å²) in [6.07, 6.45) is 24.0. The van der Waals surface area contributed by atoms with Crippen LogP contribution in [0.25, 0.3) is 33.6 Å². The Kier molecular flexibility index (Phi) is 7.73. The van der Waals surface area contributed by atoms with E-state index in [1.807, 2.05) is 32.2 Å². The van der Waals surface area contributed by atoms with Gasteiger partial charge in [-0.05, 0) is 68.4 Å². The molecule has 6 nitrogen and oxygen atoms in total. The predicted octanol–water partition coefficient (Wildman–Crippen LogP) is 7.88. The quantitative estimate of drug-likeness (QED) is 0.239. The average Bonchev–Trinajstić information content (AvgIpc) is 3.76. The van der Waals surface area contributed by atoms with Gasteiger partial charge in [-0.25, -0.2) is 4.98 Å². The molecule has 0 atom stereocenters. The minimum Gasteiger partial charge on any atom is -0.359 e. The molecule has 0 bridgehead atoms. The highest BCUT2D eigenvalue weighted by Crippen LogP contribution is 2.33. The molecule has 1 saturated carbocycles. The Labute approximate surface area is 230 Å². The number of H-pyrrole nitrogens is 2. The Morgan fingerprint density at radius 2 is 2.03 bits per heavy atom. The third-order valence-corrected chi connectivity index (χ3v) is 7.47. The normalized spacial score (nSPS) is 16.7. The number of rotatable bonds is 10. The van der Waals surface area contributed by atoms with E-state index in [-0.39, 0.29) is 0 Å². The van der Waals surface area contributed by atoms with Crippen molar-refractivity contribution in [3.8, 4) is 11.5 Å². The Balaban J connectivity index is 1.47. The molecule has 3 aromatic rings. The molecule has 2 aliphatic rings. The van der Waals surface area contributed by atoms with Crippen LogP contribution < -0.4 is 5.32 Å². The summed E-state index contributed by atoms with van der Waals surface area (Å²) in [7, 11) is 0. The number of allylic oxidation sites excluding steroid dienone is 12. The number of nitrogens with zero attached hydrogens (tertiary/aromatic N) is 3. The number of aromatic nitrogens is 5. The Morgan fingerprint density at radius 3 is 2.72 bits per heavy atom. The van der Waals surface area contributed by atoms with Gasteiger partial charge < -0.3 is 10.3 Å². The van der Waals surface area contributed by atoms with E-state index in [2.05, 4.69) is 76.7 Å². The van der Waals surface area contributed by atoms with Crippen molar-refractivity contribution in [2.24, 2.45) is 5.92 Å². The van der Waals surface area contributed by atoms with Gasteiger partial charge in [-0.15, -0.1) is 0 Å². The van der Waals surface area contributed by atoms with Gasteiger partial charge in [-0.1, -0.05) is 69.0 Å². The minimum absolute atomic E-state index is 0.523. The molecule has 3 aromatic heterocycles. The van der Waals surface area contributed by atoms with Crippen LogP contribution in [0.2, 0.25) is 0 Å². The van der Waals surface area contributed by atoms with Gasteiger partial charge >= 0.3 is 0 Å². The Morgan fingerprint density at radius 1 is 1.21 bits per heavy atom. The van der Waals surface area contributed by atoms with Crippen LogP contribution >= 0.6 is 0 Å². The number of aryl methyl sites for hydroxylation is 1. The first-order valence-corrected chi connectivity index (χ1v) is 13.6. The summed E-state index contributed by atoms with van der Waals surface area (Å²) in [6.45, 7) is 16.3. The van der Waals surface area contributed by atoms with Gasteiger partial charge in [0.1, 0.15) is 5.69 Å². The molecule has 0 spiro atoms. The molecule has 3 heterocycles. The highest BCUT2D eigenvalue weighted by atomic mass is 15.1. The molecule has 0 amide bonds. The largest absolute Gasteiger partial charge is 0.359 e.